The molecule has 0 aliphatic carbocycles. The van der Waals surface area contributed by atoms with Crippen LogP contribution in [0.15, 0.2) is 18.2 Å². The summed E-state index contributed by atoms with van der Waals surface area (Å²) >= 11 is 11.4. The fourth-order valence-electron chi connectivity index (χ4n) is 0.750. The number of benzene rings is 1. The highest BCUT2D eigenvalue weighted by Gasteiger charge is 1.98. The van der Waals surface area contributed by atoms with E-state index in [1.807, 2.05) is 5.48 Å². The van der Waals surface area contributed by atoms with E-state index in [4.69, 9.17) is 28.4 Å². The molecule has 2 nitrogen and oxygen atoms in total. The summed E-state index contributed by atoms with van der Waals surface area (Å²) in [6, 6.07) is 5.11. The Morgan fingerprint density at radius 3 is 2.64 bits per heavy atom. The van der Waals surface area contributed by atoms with Crippen LogP contribution in [-0.4, -0.2) is 5.21 Å². The van der Waals surface area contributed by atoms with Crippen LogP contribution in [0.3, 0.4) is 0 Å². The van der Waals surface area contributed by atoms with Crippen LogP contribution in [0.2, 0.25) is 10.0 Å². The highest BCUT2D eigenvalue weighted by molar-refractivity contribution is 6.35. The van der Waals surface area contributed by atoms with Crippen molar-refractivity contribution in [2.24, 2.45) is 0 Å². The Hall–Kier alpha value is -0.280. The van der Waals surface area contributed by atoms with Gasteiger partial charge in [0.05, 0.1) is 0 Å². The van der Waals surface area contributed by atoms with Crippen LogP contribution in [0.4, 0.5) is 0 Å². The zero-order valence-electron chi connectivity index (χ0n) is 5.64. The number of nitrogens with one attached hydrogen (secondary N) is 1. The topological polar surface area (TPSA) is 32.3 Å². The lowest BCUT2D eigenvalue weighted by Gasteiger charge is -2.01. The normalized spacial score (nSPS) is 10.1. The van der Waals surface area contributed by atoms with E-state index >= 15 is 0 Å². The Balaban J connectivity index is 2.90. The first-order valence-electron chi connectivity index (χ1n) is 3.05. The van der Waals surface area contributed by atoms with E-state index in [0.29, 0.717) is 16.6 Å². The predicted molar refractivity (Wildman–Crippen MR) is 45.1 cm³/mol. The average molecular weight is 192 g/mol. The Labute approximate surface area is 74.7 Å². The Morgan fingerprint density at radius 2 is 2.09 bits per heavy atom. The maximum atomic E-state index is 8.37. The Kier molecular flexibility index (Phi) is 3.15. The maximum Gasteiger partial charge on any atom is 0.0472 e. The summed E-state index contributed by atoms with van der Waals surface area (Å²) in [5.74, 6) is 0. The summed E-state index contributed by atoms with van der Waals surface area (Å²) in [4.78, 5) is 0. The summed E-state index contributed by atoms with van der Waals surface area (Å²) < 4.78 is 0. The molecule has 11 heavy (non-hydrogen) atoms. The second-order valence-electron chi connectivity index (χ2n) is 2.07. The third-order valence-electron chi connectivity index (χ3n) is 1.28. The second-order valence-corrected chi connectivity index (χ2v) is 2.91. The molecule has 60 valence electrons. The zero-order valence-corrected chi connectivity index (χ0v) is 7.15. The first kappa shape index (κ1) is 8.81. The molecular formula is C7H7Cl2NO. The molecule has 0 aromatic heterocycles. The average Bonchev–Trinajstić information content (AvgIpc) is 1.95. The van der Waals surface area contributed by atoms with Crippen molar-refractivity contribution in [2.75, 3.05) is 0 Å². The minimum atomic E-state index is 0.329. The van der Waals surface area contributed by atoms with E-state index in [1.165, 1.54) is 0 Å². The van der Waals surface area contributed by atoms with Crippen LogP contribution in [0.5, 0.6) is 0 Å². The summed E-state index contributed by atoms with van der Waals surface area (Å²) in [5, 5.41) is 9.52. The van der Waals surface area contributed by atoms with Gasteiger partial charge in [-0.05, 0) is 17.7 Å². The van der Waals surface area contributed by atoms with Gasteiger partial charge in [-0.1, -0.05) is 29.3 Å². The van der Waals surface area contributed by atoms with Gasteiger partial charge in [-0.15, -0.1) is 0 Å². The van der Waals surface area contributed by atoms with E-state index in [-0.39, 0.29) is 0 Å². The maximum absolute atomic E-state index is 8.37. The third-order valence-corrected chi connectivity index (χ3v) is 1.87. The van der Waals surface area contributed by atoms with Crippen molar-refractivity contribution in [3.05, 3.63) is 33.8 Å². The quantitative estimate of drug-likeness (QED) is 0.705. The predicted octanol–water partition coefficient (Wildman–Crippen LogP) is 2.47. The van der Waals surface area contributed by atoms with Crippen molar-refractivity contribution >= 4 is 23.2 Å². The highest BCUT2D eigenvalue weighted by atomic mass is 35.5. The lowest BCUT2D eigenvalue weighted by Crippen LogP contribution is -2.06. The van der Waals surface area contributed by atoms with Crippen LogP contribution in [0.1, 0.15) is 5.56 Å². The van der Waals surface area contributed by atoms with Gasteiger partial charge in [0.25, 0.3) is 0 Å². The SMILES string of the molecule is ONCc1ccc(Cl)cc1Cl. The van der Waals surface area contributed by atoms with Gasteiger partial charge in [-0.3, -0.25) is 0 Å². The lowest BCUT2D eigenvalue weighted by molar-refractivity contribution is 0.161. The van der Waals surface area contributed by atoms with Crippen LogP contribution < -0.4 is 5.48 Å². The third kappa shape index (κ3) is 2.34. The largest absolute Gasteiger partial charge is 0.316 e. The number of hydrogen-bond donors (Lipinski definition) is 2. The number of rotatable bonds is 2. The molecule has 0 aliphatic heterocycles. The van der Waals surface area contributed by atoms with Gasteiger partial charge in [0.1, 0.15) is 0 Å². The van der Waals surface area contributed by atoms with Gasteiger partial charge < -0.3 is 5.21 Å². The monoisotopic (exact) mass is 191 g/mol. The van der Waals surface area contributed by atoms with Crippen molar-refractivity contribution in [1.29, 1.82) is 0 Å². The Morgan fingerprint density at radius 1 is 1.36 bits per heavy atom. The van der Waals surface area contributed by atoms with Gasteiger partial charge >= 0.3 is 0 Å². The standard InChI is InChI=1S/C7H7Cl2NO/c8-6-2-1-5(4-10-11)7(9)3-6/h1-3,10-11H,4H2. The molecule has 0 saturated heterocycles. The molecule has 1 aromatic rings. The number of hydrogen-bond acceptors (Lipinski definition) is 2. The summed E-state index contributed by atoms with van der Waals surface area (Å²) in [6.45, 7) is 0.329. The van der Waals surface area contributed by atoms with Gasteiger partial charge in [0, 0.05) is 16.6 Å². The van der Waals surface area contributed by atoms with E-state index < -0.39 is 0 Å². The van der Waals surface area contributed by atoms with Crippen molar-refractivity contribution in [3.63, 3.8) is 0 Å². The molecule has 0 atom stereocenters. The molecular weight excluding hydrogens is 185 g/mol. The van der Waals surface area contributed by atoms with Crippen LogP contribution in [0.25, 0.3) is 0 Å². The minimum Gasteiger partial charge on any atom is -0.316 e. The highest BCUT2D eigenvalue weighted by Crippen LogP contribution is 2.20. The van der Waals surface area contributed by atoms with Crippen LogP contribution in [0, 0.1) is 0 Å². The van der Waals surface area contributed by atoms with E-state index in [9.17, 15) is 0 Å². The molecule has 2 N–H and O–H groups in total. The molecule has 0 fully saturated rings. The smallest absolute Gasteiger partial charge is 0.0472 e. The van der Waals surface area contributed by atoms with Crippen molar-refractivity contribution in [2.45, 2.75) is 6.54 Å². The summed E-state index contributed by atoms with van der Waals surface area (Å²) in [5.41, 5.74) is 2.83. The zero-order chi connectivity index (χ0) is 8.27. The summed E-state index contributed by atoms with van der Waals surface area (Å²) in [7, 11) is 0. The molecule has 0 amide bonds. The van der Waals surface area contributed by atoms with E-state index in [0.717, 1.165) is 5.56 Å². The van der Waals surface area contributed by atoms with Gasteiger partial charge in [0.2, 0.25) is 0 Å². The molecule has 0 unspecified atom stereocenters. The summed E-state index contributed by atoms with van der Waals surface area (Å²) in [6.07, 6.45) is 0. The molecule has 0 spiro atoms. The Bertz CT molecular complexity index is 252. The molecule has 0 bridgehead atoms. The fraction of sp³-hybridized carbons (Fsp3) is 0.143. The van der Waals surface area contributed by atoms with Gasteiger partial charge in [-0.2, -0.15) is 0 Å². The van der Waals surface area contributed by atoms with E-state index in [1.54, 1.807) is 18.2 Å². The lowest BCUT2D eigenvalue weighted by atomic mass is 10.2. The molecule has 0 saturated carbocycles. The van der Waals surface area contributed by atoms with Crippen LogP contribution in [-0.2, 0) is 6.54 Å². The molecule has 0 radical (unpaired) electrons. The number of halogens is 2. The van der Waals surface area contributed by atoms with Crippen molar-refractivity contribution in [3.8, 4) is 0 Å². The minimum absolute atomic E-state index is 0.329. The molecule has 0 heterocycles. The van der Waals surface area contributed by atoms with Crippen LogP contribution >= 0.6 is 23.2 Å². The van der Waals surface area contributed by atoms with Crippen molar-refractivity contribution in [1.82, 2.24) is 5.48 Å². The first-order valence-corrected chi connectivity index (χ1v) is 3.80. The molecule has 0 aliphatic rings. The molecule has 4 heteroatoms. The van der Waals surface area contributed by atoms with E-state index in [2.05, 4.69) is 0 Å². The molecule has 1 rings (SSSR count). The first-order chi connectivity index (χ1) is 5.24. The fourth-order valence-corrected chi connectivity index (χ4v) is 1.23. The second kappa shape index (κ2) is 3.93. The van der Waals surface area contributed by atoms with Gasteiger partial charge in [0.15, 0.2) is 0 Å². The van der Waals surface area contributed by atoms with Crippen molar-refractivity contribution < 1.29 is 5.21 Å². The number of hydroxylamine groups is 1. The molecule has 1 aromatic carbocycles. The van der Waals surface area contributed by atoms with Gasteiger partial charge in [-0.25, -0.2) is 5.48 Å².